The van der Waals surface area contributed by atoms with Gasteiger partial charge in [-0.05, 0) is 12.3 Å². The van der Waals surface area contributed by atoms with Crippen LogP contribution in [0.5, 0.6) is 0 Å². The van der Waals surface area contributed by atoms with Gasteiger partial charge in [-0.25, -0.2) is 4.79 Å². The Hall–Kier alpha value is -1.29. The van der Waals surface area contributed by atoms with Gasteiger partial charge < -0.3 is 4.57 Å². The summed E-state index contributed by atoms with van der Waals surface area (Å²) in [6, 6.07) is 0. The van der Waals surface area contributed by atoms with Crippen molar-refractivity contribution in [1.29, 1.82) is 0 Å². The molecule has 1 aromatic rings. The van der Waals surface area contributed by atoms with E-state index in [1.807, 2.05) is 12.2 Å². The minimum atomic E-state index is -0.260. The molecule has 2 aliphatic carbocycles. The monoisotopic (exact) mass is 252 g/mol. The lowest BCUT2D eigenvalue weighted by atomic mass is 9.97. The van der Waals surface area contributed by atoms with Gasteiger partial charge in [0.25, 0.3) is 5.56 Å². The molecule has 1 aromatic heterocycles. The predicted molar refractivity (Wildman–Crippen MR) is 65.6 cm³/mol. The summed E-state index contributed by atoms with van der Waals surface area (Å²) in [7, 11) is 3.24. The molecule has 17 heavy (non-hydrogen) atoms. The molecule has 0 saturated heterocycles. The lowest BCUT2D eigenvalue weighted by Gasteiger charge is -2.11. The van der Waals surface area contributed by atoms with Crippen molar-refractivity contribution in [2.75, 3.05) is 0 Å². The van der Waals surface area contributed by atoms with Crippen LogP contribution in [0.4, 0.5) is 0 Å². The number of hydrogen-bond donors (Lipinski definition) is 0. The van der Waals surface area contributed by atoms with Crippen LogP contribution in [0, 0.1) is 5.92 Å². The van der Waals surface area contributed by atoms with E-state index in [2.05, 4.69) is 0 Å². The van der Waals surface area contributed by atoms with Gasteiger partial charge in [-0.3, -0.25) is 9.36 Å². The van der Waals surface area contributed by atoms with Gasteiger partial charge >= 0.3 is 5.69 Å². The van der Waals surface area contributed by atoms with Crippen molar-refractivity contribution in [2.24, 2.45) is 20.0 Å². The van der Waals surface area contributed by atoms with Crippen LogP contribution in [0.25, 0.3) is 0 Å². The second-order valence-corrected chi connectivity index (χ2v) is 5.29. The topological polar surface area (TPSA) is 44.0 Å². The second-order valence-electron chi connectivity index (χ2n) is 4.79. The summed E-state index contributed by atoms with van der Waals surface area (Å²) in [6.07, 6.45) is 4.66. The van der Waals surface area contributed by atoms with Gasteiger partial charge in [0.15, 0.2) is 0 Å². The molecular formula is C12H13ClN2O2. The number of aromatic nitrogens is 2. The zero-order valence-corrected chi connectivity index (χ0v) is 10.4. The summed E-state index contributed by atoms with van der Waals surface area (Å²) in [5.41, 5.74) is 1.16. The number of allylic oxidation sites excluding steroid dienone is 2. The summed E-state index contributed by atoms with van der Waals surface area (Å²) >= 11 is 6.20. The average Bonchev–Trinajstić information content (AvgIpc) is 2.84. The van der Waals surface area contributed by atoms with Crippen LogP contribution in [0.15, 0.2) is 21.7 Å². The third kappa shape index (κ3) is 1.24. The molecule has 0 N–H and O–H groups in total. The van der Waals surface area contributed by atoms with E-state index in [0.29, 0.717) is 6.42 Å². The van der Waals surface area contributed by atoms with E-state index in [-0.39, 0.29) is 28.5 Å². The van der Waals surface area contributed by atoms with Crippen molar-refractivity contribution in [2.45, 2.75) is 17.7 Å². The fourth-order valence-electron chi connectivity index (χ4n) is 2.98. The molecule has 0 unspecified atom stereocenters. The highest BCUT2D eigenvalue weighted by Crippen LogP contribution is 2.44. The quantitative estimate of drug-likeness (QED) is 0.499. The highest BCUT2D eigenvalue weighted by atomic mass is 35.5. The highest BCUT2D eigenvalue weighted by molar-refractivity contribution is 6.22. The summed E-state index contributed by atoms with van der Waals surface area (Å²) in [5.74, 6) is 0.311. The Bertz CT molecular complexity index is 641. The van der Waals surface area contributed by atoms with Crippen molar-refractivity contribution in [3.05, 3.63) is 44.2 Å². The van der Waals surface area contributed by atoms with E-state index in [0.717, 1.165) is 11.3 Å². The average molecular weight is 253 g/mol. The van der Waals surface area contributed by atoms with Gasteiger partial charge in [0.2, 0.25) is 0 Å². The first kappa shape index (κ1) is 10.8. The van der Waals surface area contributed by atoms with E-state index in [4.69, 9.17) is 11.6 Å². The van der Waals surface area contributed by atoms with Crippen LogP contribution in [-0.4, -0.2) is 14.5 Å². The number of fused-ring (bicyclic) bond motifs is 3. The van der Waals surface area contributed by atoms with Crippen LogP contribution in [0.2, 0.25) is 0 Å². The Kier molecular flexibility index (Phi) is 2.14. The van der Waals surface area contributed by atoms with E-state index in [1.165, 1.54) is 11.6 Å². The van der Waals surface area contributed by atoms with Crippen molar-refractivity contribution in [1.82, 2.24) is 9.13 Å². The third-order valence-corrected chi connectivity index (χ3v) is 4.43. The highest BCUT2D eigenvalue weighted by Gasteiger charge is 2.41. The Morgan fingerprint density at radius 1 is 1.24 bits per heavy atom. The molecule has 5 heteroatoms. The molecule has 1 heterocycles. The van der Waals surface area contributed by atoms with E-state index in [1.54, 1.807) is 11.6 Å². The van der Waals surface area contributed by atoms with Crippen LogP contribution >= 0.6 is 11.6 Å². The van der Waals surface area contributed by atoms with Crippen LogP contribution < -0.4 is 11.2 Å². The maximum atomic E-state index is 12.2. The van der Waals surface area contributed by atoms with Crippen molar-refractivity contribution >= 4 is 11.6 Å². The molecule has 90 valence electrons. The summed E-state index contributed by atoms with van der Waals surface area (Å²) in [5, 5.41) is -0.0350. The molecule has 0 bridgehead atoms. The number of nitrogens with zero attached hydrogens (tertiary/aromatic N) is 2. The Morgan fingerprint density at radius 2 is 1.94 bits per heavy atom. The van der Waals surface area contributed by atoms with E-state index < -0.39 is 0 Å². The molecule has 0 spiro atoms. The van der Waals surface area contributed by atoms with Crippen molar-refractivity contribution in [3.63, 3.8) is 0 Å². The van der Waals surface area contributed by atoms with Gasteiger partial charge in [0.1, 0.15) is 0 Å². The summed E-state index contributed by atoms with van der Waals surface area (Å²) < 4.78 is 2.75. The molecule has 0 radical (unpaired) electrons. The van der Waals surface area contributed by atoms with Gasteiger partial charge in [-0.2, -0.15) is 0 Å². The molecule has 0 fully saturated rings. The number of rotatable bonds is 0. The molecule has 4 nitrogen and oxygen atoms in total. The summed E-state index contributed by atoms with van der Waals surface area (Å²) in [6.45, 7) is 0. The SMILES string of the molecule is Cn1c2c(c(=O)n(C)c1=O)[C@H]1C=C[C@H](Cl)[C@H]1C2. The third-order valence-electron chi connectivity index (χ3n) is 3.96. The van der Waals surface area contributed by atoms with Crippen molar-refractivity contribution in [3.8, 4) is 0 Å². The van der Waals surface area contributed by atoms with Gasteiger partial charge in [0, 0.05) is 31.3 Å². The zero-order valence-electron chi connectivity index (χ0n) is 9.68. The molecule has 3 rings (SSSR count). The van der Waals surface area contributed by atoms with Crippen LogP contribution in [0.3, 0.4) is 0 Å². The van der Waals surface area contributed by atoms with Gasteiger partial charge in [-0.15, -0.1) is 11.6 Å². The van der Waals surface area contributed by atoms with Crippen molar-refractivity contribution < 1.29 is 0 Å². The number of hydrogen-bond acceptors (Lipinski definition) is 2. The Labute approximate surface area is 103 Å². The summed E-state index contributed by atoms with van der Waals surface area (Å²) in [4.78, 5) is 24.0. The molecule has 0 saturated carbocycles. The first-order valence-corrected chi connectivity index (χ1v) is 6.07. The largest absolute Gasteiger partial charge is 0.330 e. The minimum absolute atomic E-state index is 0.0350. The fourth-order valence-corrected chi connectivity index (χ4v) is 3.31. The van der Waals surface area contributed by atoms with Crippen LogP contribution in [-0.2, 0) is 20.5 Å². The normalized spacial score (nSPS) is 29.5. The Morgan fingerprint density at radius 3 is 2.65 bits per heavy atom. The lowest BCUT2D eigenvalue weighted by Crippen LogP contribution is -2.40. The maximum Gasteiger partial charge on any atom is 0.330 e. The lowest BCUT2D eigenvalue weighted by molar-refractivity contribution is 0.550. The number of alkyl halides is 1. The Balaban J connectivity index is 2.33. The van der Waals surface area contributed by atoms with E-state index >= 15 is 0 Å². The fraction of sp³-hybridized carbons (Fsp3) is 0.500. The predicted octanol–water partition coefficient (Wildman–Crippen LogP) is 0.517. The van der Waals surface area contributed by atoms with E-state index in [9.17, 15) is 9.59 Å². The molecule has 3 atom stereocenters. The van der Waals surface area contributed by atoms with Gasteiger partial charge in [-0.1, -0.05) is 12.2 Å². The molecule has 0 amide bonds. The molecule has 0 aliphatic heterocycles. The second kappa shape index (κ2) is 3.35. The van der Waals surface area contributed by atoms with Crippen LogP contribution in [0.1, 0.15) is 17.2 Å². The first-order valence-electron chi connectivity index (χ1n) is 5.63. The standard InChI is InChI=1S/C12H13ClN2O2/c1-14-9-5-7-6(3-4-8(7)13)10(9)11(16)15(2)12(14)17/h3-4,6-8H,5H2,1-2H3/t6-,7-,8-/m0/s1. The number of halogens is 1. The van der Waals surface area contributed by atoms with Gasteiger partial charge in [0.05, 0.1) is 5.38 Å². The molecule has 0 aromatic carbocycles. The zero-order chi connectivity index (χ0) is 12.3. The molecular weight excluding hydrogens is 240 g/mol. The first-order chi connectivity index (χ1) is 8.02. The molecule has 2 aliphatic rings. The minimum Gasteiger partial charge on any atom is -0.300 e. The smallest absolute Gasteiger partial charge is 0.300 e. The maximum absolute atomic E-state index is 12.2.